The standard InChI is InChI=1S/C13H25NO/c1-3-11-5-7-12(8-6-11)13(15)9-10-14-4-2/h11-12,14H,3-10H2,1-2H3. The second-order valence-electron chi connectivity index (χ2n) is 4.70. The van der Waals surface area contributed by atoms with E-state index < -0.39 is 0 Å². The quantitative estimate of drug-likeness (QED) is 0.684. The molecule has 1 aliphatic carbocycles. The predicted molar refractivity (Wildman–Crippen MR) is 63.9 cm³/mol. The number of carbonyl (C=O) groups excluding carboxylic acids is 1. The van der Waals surface area contributed by atoms with E-state index in [0.29, 0.717) is 11.7 Å². The van der Waals surface area contributed by atoms with Crippen molar-refractivity contribution in [3.63, 3.8) is 0 Å². The van der Waals surface area contributed by atoms with Crippen molar-refractivity contribution in [2.45, 2.75) is 52.4 Å². The number of rotatable bonds is 6. The minimum atomic E-state index is 0.381. The van der Waals surface area contributed by atoms with Crippen LogP contribution in [0.15, 0.2) is 0 Å². The van der Waals surface area contributed by atoms with Crippen LogP contribution in [-0.2, 0) is 4.79 Å². The molecule has 1 fully saturated rings. The van der Waals surface area contributed by atoms with Crippen LogP contribution in [0, 0.1) is 11.8 Å². The molecule has 0 bridgehead atoms. The Hall–Kier alpha value is -0.370. The molecule has 2 heteroatoms. The molecule has 88 valence electrons. The molecule has 1 N–H and O–H groups in total. The molecule has 2 nitrogen and oxygen atoms in total. The van der Waals surface area contributed by atoms with Crippen LogP contribution in [0.4, 0.5) is 0 Å². The molecule has 0 spiro atoms. The molecule has 0 saturated heterocycles. The fourth-order valence-electron chi connectivity index (χ4n) is 2.49. The van der Waals surface area contributed by atoms with Crippen molar-refractivity contribution >= 4 is 5.78 Å². The van der Waals surface area contributed by atoms with Crippen LogP contribution in [0.3, 0.4) is 0 Å². The topological polar surface area (TPSA) is 29.1 Å². The van der Waals surface area contributed by atoms with Gasteiger partial charge in [-0.15, -0.1) is 0 Å². The minimum Gasteiger partial charge on any atom is -0.317 e. The number of carbonyl (C=O) groups is 1. The van der Waals surface area contributed by atoms with Crippen LogP contribution < -0.4 is 5.32 Å². The molecule has 0 aromatic heterocycles. The zero-order valence-electron chi connectivity index (χ0n) is 10.2. The van der Waals surface area contributed by atoms with Crippen LogP contribution in [0.1, 0.15) is 52.4 Å². The second-order valence-corrected chi connectivity index (χ2v) is 4.70. The summed E-state index contributed by atoms with van der Waals surface area (Å²) in [6, 6.07) is 0. The highest BCUT2D eigenvalue weighted by Crippen LogP contribution is 2.31. The summed E-state index contributed by atoms with van der Waals surface area (Å²) < 4.78 is 0. The molecule has 0 radical (unpaired) electrons. The summed E-state index contributed by atoms with van der Waals surface area (Å²) in [5, 5.41) is 3.22. The van der Waals surface area contributed by atoms with Crippen LogP contribution in [0.2, 0.25) is 0 Å². The Kier molecular flexibility index (Phi) is 5.92. The molecule has 1 aliphatic rings. The number of nitrogens with one attached hydrogen (secondary N) is 1. The smallest absolute Gasteiger partial charge is 0.137 e. The van der Waals surface area contributed by atoms with Crippen molar-refractivity contribution in [2.75, 3.05) is 13.1 Å². The molecule has 0 aliphatic heterocycles. The highest BCUT2D eigenvalue weighted by Gasteiger charge is 2.24. The van der Waals surface area contributed by atoms with Crippen LogP contribution in [-0.4, -0.2) is 18.9 Å². The van der Waals surface area contributed by atoms with Crippen molar-refractivity contribution < 1.29 is 4.79 Å². The molecular weight excluding hydrogens is 186 g/mol. The summed E-state index contributed by atoms with van der Waals surface area (Å²) >= 11 is 0. The van der Waals surface area contributed by atoms with Gasteiger partial charge in [0.25, 0.3) is 0 Å². The first-order valence-corrected chi connectivity index (χ1v) is 6.51. The lowest BCUT2D eigenvalue weighted by molar-refractivity contribution is -0.124. The highest BCUT2D eigenvalue weighted by molar-refractivity contribution is 5.81. The van der Waals surface area contributed by atoms with E-state index in [0.717, 1.165) is 38.3 Å². The first-order chi connectivity index (χ1) is 7.27. The SMILES string of the molecule is CCNCCC(=O)C1CCC(CC)CC1. The lowest BCUT2D eigenvalue weighted by Gasteiger charge is -2.26. The Labute approximate surface area is 93.8 Å². The fraction of sp³-hybridized carbons (Fsp3) is 0.923. The molecule has 0 heterocycles. The monoisotopic (exact) mass is 211 g/mol. The third-order valence-electron chi connectivity index (χ3n) is 3.68. The van der Waals surface area contributed by atoms with Gasteiger partial charge >= 0.3 is 0 Å². The molecule has 1 saturated carbocycles. The second kappa shape index (κ2) is 7.00. The molecule has 15 heavy (non-hydrogen) atoms. The Bertz CT molecular complexity index is 183. The summed E-state index contributed by atoms with van der Waals surface area (Å²) in [6.07, 6.45) is 6.85. The van der Waals surface area contributed by atoms with Gasteiger partial charge in [-0.3, -0.25) is 4.79 Å². The first-order valence-electron chi connectivity index (χ1n) is 6.51. The Balaban J connectivity index is 2.18. The van der Waals surface area contributed by atoms with Gasteiger partial charge in [0.1, 0.15) is 5.78 Å². The predicted octanol–water partition coefficient (Wildman–Crippen LogP) is 2.77. The van der Waals surface area contributed by atoms with Crippen LogP contribution in [0.5, 0.6) is 0 Å². The Morgan fingerprint density at radius 2 is 1.87 bits per heavy atom. The van der Waals surface area contributed by atoms with E-state index in [1.807, 2.05) is 0 Å². The first kappa shape index (κ1) is 12.7. The average molecular weight is 211 g/mol. The van der Waals surface area contributed by atoms with Gasteiger partial charge in [-0.25, -0.2) is 0 Å². The zero-order chi connectivity index (χ0) is 11.1. The summed E-state index contributed by atoms with van der Waals surface area (Å²) in [5.41, 5.74) is 0. The maximum atomic E-state index is 11.8. The number of hydrogen-bond donors (Lipinski definition) is 1. The zero-order valence-corrected chi connectivity index (χ0v) is 10.2. The van der Waals surface area contributed by atoms with Crippen molar-refractivity contribution in [1.82, 2.24) is 5.32 Å². The molecule has 0 amide bonds. The normalized spacial score (nSPS) is 26.5. The summed E-state index contributed by atoms with van der Waals surface area (Å²) in [4.78, 5) is 11.8. The molecule has 1 rings (SSSR count). The maximum Gasteiger partial charge on any atom is 0.137 e. The molecule has 0 aromatic rings. The van der Waals surface area contributed by atoms with Crippen molar-refractivity contribution in [3.8, 4) is 0 Å². The van der Waals surface area contributed by atoms with Gasteiger partial charge in [0, 0.05) is 18.9 Å². The lowest BCUT2D eigenvalue weighted by atomic mass is 9.78. The van der Waals surface area contributed by atoms with Crippen molar-refractivity contribution in [3.05, 3.63) is 0 Å². The number of Topliss-reactive ketones (excluding diaryl/α,β-unsaturated/α-hetero) is 1. The van der Waals surface area contributed by atoms with Gasteiger partial charge in [-0.2, -0.15) is 0 Å². The number of hydrogen-bond acceptors (Lipinski definition) is 2. The highest BCUT2D eigenvalue weighted by atomic mass is 16.1. The van der Waals surface area contributed by atoms with E-state index in [1.165, 1.54) is 19.3 Å². The summed E-state index contributed by atoms with van der Waals surface area (Å²) in [7, 11) is 0. The van der Waals surface area contributed by atoms with E-state index >= 15 is 0 Å². The summed E-state index contributed by atoms with van der Waals surface area (Å²) in [5.74, 6) is 1.76. The number of ketones is 1. The summed E-state index contributed by atoms with van der Waals surface area (Å²) in [6.45, 7) is 6.17. The van der Waals surface area contributed by atoms with E-state index in [-0.39, 0.29) is 0 Å². The van der Waals surface area contributed by atoms with E-state index in [2.05, 4.69) is 19.2 Å². The Morgan fingerprint density at radius 1 is 1.20 bits per heavy atom. The molecule has 0 aromatic carbocycles. The molecular formula is C13H25NO. The van der Waals surface area contributed by atoms with Gasteiger partial charge in [-0.05, 0) is 38.1 Å². The Morgan fingerprint density at radius 3 is 2.40 bits per heavy atom. The van der Waals surface area contributed by atoms with Gasteiger partial charge < -0.3 is 5.32 Å². The van der Waals surface area contributed by atoms with Gasteiger partial charge in [-0.1, -0.05) is 20.3 Å². The largest absolute Gasteiger partial charge is 0.317 e. The van der Waals surface area contributed by atoms with Gasteiger partial charge in [0.05, 0.1) is 0 Å². The van der Waals surface area contributed by atoms with Gasteiger partial charge in [0.15, 0.2) is 0 Å². The molecule has 0 unspecified atom stereocenters. The fourth-order valence-corrected chi connectivity index (χ4v) is 2.49. The lowest BCUT2D eigenvalue weighted by Crippen LogP contribution is -2.25. The van der Waals surface area contributed by atoms with Crippen LogP contribution >= 0.6 is 0 Å². The minimum absolute atomic E-state index is 0.381. The third kappa shape index (κ3) is 4.33. The average Bonchev–Trinajstić information content (AvgIpc) is 2.29. The van der Waals surface area contributed by atoms with Crippen molar-refractivity contribution in [1.29, 1.82) is 0 Å². The molecule has 0 atom stereocenters. The third-order valence-corrected chi connectivity index (χ3v) is 3.68. The van der Waals surface area contributed by atoms with Crippen LogP contribution in [0.25, 0.3) is 0 Å². The van der Waals surface area contributed by atoms with E-state index in [9.17, 15) is 4.79 Å². The maximum absolute atomic E-state index is 11.8. The van der Waals surface area contributed by atoms with Crippen molar-refractivity contribution in [2.24, 2.45) is 11.8 Å². The van der Waals surface area contributed by atoms with E-state index in [4.69, 9.17) is 0 Å². The van der Waals surface area contributed by atoms with Gasteiger partial charge in [0.2, 0.25) is 0 Å². The van der Waals surface area contributed by atoms with E-state index in [1.54, 1.807) is 0 Å².